The summed E-state index contributed by atoms with van der Waals surface area (Å²) in [5, 5.41) is 10.8. The average molecular weight is 289 g/mol. The van der Waals surface area contributed by atoms with E-state index in [1.165, 1.54) is 5.56 Å². The lowest BCUT2D eigenvalue weighted by atomic mass is 9.91. The maximum absolute atomic E-state index is 10.8. The Morgan fingerprint density at radius 2 is 1.45 bits per heavy atom. The molecular weight excluding hydrogens is 274 g/mol. The van der Waals surface area contributed by atoms with Crippen molar-refractivity contribution in [3.05, 3.63) is 88.5 Å². The van der Waals surface area contributed by atoms with E-state index in [9.17, 15) is 10.1 Å². The van der Waals surface area contributed by atoms with Crippen molar-refractivity contribution >= 4 is 5.69 Å². The van der Waals surface area contributed by atoms with Crippen molar-refractivity contribution in [2.45, 2.75) is 6.92 Å². The van der Waals surface area contributed by atoms with Gasteiger partial charge in [0.1, 0.15) is 0 Å². The number of hydrogen-bond acceptors (Lipinski definition) is 2. The van der Waals surface area contributed by atoms with E-state index in [-0.39, 0.29) is 10.6 Å². The molecule has 22 heavy (non-hydrogen) atoms. The number of rotatable bonds is 3. The van der Waals surface area contributed by atoms with E-state index in [1.54, 1.807) is 24.3 Å². The van der Waals surface area contributed by atoms with Crippen molar-refractivity contribution in [1.29, 1.82) is 0 Å². The smallest absolute Gasteiger partial charge is 0.258 e. The molecule has 3 heteroatoms. The largest absolute Gasteiger partial charge is 0.269 e. The summed E-state index contributed by atoms with van der Waals surface area (Å²) in [5.41, 5.74) is 5.67. The molecule has 3 aromatic carbocycles. The minimum absolute atomic E-state index is 0.109. The summed E-state index contributed by atoms with van der Waals surface area (Å²) in [6, 6.07) is 23.0. The number of non-ortho nitro benzene ring substituents is 1. The van der Waals surface area contributed by atoms with Crippen LogP contribution in [0.25, 0.3) is 22.3 Å². The molecule has 0 heterocycles. The Bertz CT molecular complexity index is 809. The van der Waals surface area contributed by atoms with Crippen LogP contribution in [0.2, 0.25) is 0 Å². The molecule has 0 N–H and O–H groups in total. The molecule has 0 saturated carbocycles. The molecule has 3 rings (SSSR count). The lowest BCUT2D eigenvalue weighted by molar-refractivity contribution is -0.384. The van der Waals surface area contributed by atoms with Gasteiger partial charge in [-0.05, 0) is 46.9 Å². The van der Waals surface area contributed by atoms with Crippen LogP contribution in [0.5, 0.6) is 0 Å². The van der Waals surface area contributed by atoms with Gasteiger partial charge >= 0.3 is 0 Å². The summed E-state index contributed by atoms with van der Waals surface area (Å²) < 4.78 is 0. The van der Waals surface area contributed by atoms with Crippen LogP contribution in [0.3, 0.4) is 0 Å². The van der Waals surface area contributed by atoms with E-state index in [0.29, 0.717) is 0 Å². The van der Waals surface area contributed by atoms with Crippen LogP contribution < -0.4 is 0 Å². The minimum atomic E-state index is -0.377. The first-order chi connectivity index (χ1) is 10.7. The molecule has 3 nitrogen and oxygen atoms in total. The van der Waals surface area contributed by atoms with E-state index < -0.39 is 0 Å². The van der Waals surface area contributed by atoms with Gasteiger partial charge in [0.2, 0.25) is 0 Å². The molecule has 0 fully saturated rings. The van der Waals surface area contributed by atoms with Crippen molar-refractivity contribution < 1.29 is 4.92 Å². The molecule has 0 bridgehead atoms. The topological polar surface area (TPSA) is 43.1 Å². The second kappa shape index (κ2) is 5.82. The summed E-state index contributed by atoms with van der Waals surface area (Å²) in [7, 11) is 0. The minimum Gasteiger partial charge on any atom is -0.258 e. The van der Waals surface area contributed by atoms with Gasteiger partial charge in [-0.15, -0.1) is 0 Å². The highest BCUT2D eigenvalue weighted by Gasteiger charge is 2.11. The highest BCUT2D eigenvalue weighted by atomic mass is 16.6. The van der Waals surface area contributed by atoms with Gasteiger partial charge in [-0.1, -0.05) is 48.5 Å². The Hall–Kier alpha value is -2.94. The zero-order valence-corrected chi connectivity index (χ0v) is 12.2. The van der Waals surface area contributed by atoms with E-state index in [0.717, 1.165) is 22.3 Å². The van der Waals surface area contributed by atoms with Crippen molar-refractivity contribution in [3.8, 4) is 22.3 Å². The van der Waals surface area contributed by atoms with Gasteiger partial charge in [0.05, 0.1) is 4.92 Å². The fraction of sp³-hybridized carbons (Fsp3) is 0.0526. The number of benzene rings is 3. The molecular formula is C19H15NO2. The van der Waals surface area contributed by atoms with Gasteiger partial charge in [0.25, 0.3) is 5.69 Å². The molecule has 0 spiro atoms. The number of nitro benzene ring substituents is 1. The third-order valence-corrected chi connectivity index (χ3v) is 3.72. The van der Waals surface area contributed by atoms with Gasteiger partial charge in [0.15, 0.2) is 0 Å². The normalized spacial score (nSPS) is 10.4. The first kappa shape index (κ1) is 14.0. The summed E-state index contributed by atoms with van der Waals surface area (Å²) in [6.07, 6.45) is 0. The lowest BCUT2D eigenvalue weighted by Gasteiger charge is -2.13. The number of nitro groups is 1. The molecule has 0 aliphatic carbocycles. The highest BCUT2D eigenvalue weighted by molar-refractivity contribution is 5.85. The van der Waals surface area contributed by atoms with Crippen LogP contribution >= 0.6 is 0 Å². The molecule has 0 unspecified atom stereocenters. The monoisotopic (exact) mass is 289 g/mol. The number of nitrogens with zero attached hydrogens (tertiary/aromatic N) is 1. The SMILES string of the molecule is Cc1cccc(-c2ccc([N+](=O)[O-])cc2)c1-c1ccccc1. The predicted octanol–water partition coefficient (Wildman–Crippen LogP) is 5.24. The molecule has 0 radical (unpaired) electrons. The van der Waals surface area contributed by atoms with Gasteiger partial charge in [0, 0.05) is 12.1 Å². The fourth-order valence-corrected chi connectivity index (χ4v) is 2.66. The molecule has 0 amide bonds. The average Bonchev–Trinajstić information content (AvgIpc) is 2.55. The second-order valence-electron chi connectivity index (χ2n) is 5.17. The summed E-state index contributed by atoms with van der Waals surface area (Å²) in [6.45, 7) is 2.08. The second-order valence-corrected chi connectivity index (χ2v) is 5.17. The Balaban J connectivity index is 2.15. The van der Waals surface area contributed by atoms with E-state index in [1.807, 2.05) is 24.3 Å². The van der Waals surface area contributed by atoms with Gasteiger partial charge in [-0.25, -0.2) is 0 Å². The lowest BCUT2D eigenvalue weighted by Crippen LogP contribution is -1.90. The Kier molecular flexibility index (Phi) is 3.71. The van der Waals surface area contributed by atoms with Crippen LogP contribution in [0.1, 0.15) is 5.56 Å². The molecule has 3 aromatic rings. The van der Waals surface area contributed by atoms with Crippen LogP contribution in [0.4, 0.5) is 5.69 Å². The van der Waals surface area contributed by atoms with Crippen LogP contribution in [-0.4, -0.2) is 4.92 Å². The van der Waals surface area contributed by atoms with E-state index in [2.05, 4.69) is 31.2 Å². The Morgan fingerprint density at radius 1 is 0.773 bits per heavy atom. The van der Waals surface area contributed by atoms with Crippen molar-refractivity contribution in [2.75, 3.05) is 0 Å². The Morgan fingerprint density at radius 3 is 2.09 bits per heavy atom. The molecule has 0 aromatic heterocycles. The van der Waals surface area contributed by atoms with Crippen LogP contribution in [0.15, 0.2) is 72.8 Å². The zero-order valence-electron chi connectivity index (χ0n) is 12.2. The molecule has 0 aliphatic heterocycles. The first-order valence-electron chi connectivity index (χ1n) is 7.06. The zero-order chi connectivity index (χ0) is 15.5. The van der Waals surface area contributed by atoms with E-state index >= 15 is 0 Å². The maximum atomic E-state index is 10.8. The van der Waals surface area contributed by atoms with Crippen molar-refractivity contribution in [1.82, 2.24) is 0 Å². The van der Waals surface area contributed by atoms with E-state index in [4.69, 9.17) is 0 Å². The van der Waals surface area contributed by atoms with Crippen molar-refractivity contribution in [3.63, 3.8) is 0 Å². The molecule has 0 atom stereocenters. The van der Waals surface area contributed by atoms with Crippen molar-refractivity contribution in [2.24, 2.45) is 0 Å². The highest BCUT2D eigenvalue weighted by Crippen LogP contribution is 2.35. The predicted molar refractivity (Wildman–Crippen MR) is 88.7 cm³/mol. The van der Waals surface area contributed by atoms with Gasteiger partial charge in [-0.2, -0.15) is 0 Å². The van der Waals surface area contributed by atoms with Gasteiger partial charge in [-0.3, -0.25) is 10.1 Å². The standard InChI is InChI=1S/C19H15NO2/c1-14-6-5-9-18(19(14)16-7-3-2-4-8-16)15-10-12-17(13-11-15)20(21)22/h2-13H,1H3. The third kappa shape index (κ3) is 2.61. The fourth-order valence-electron chi connectivity index (χ4n) is 2.66. The molecule has 108 valence electrons. The maximum Gasteiger partial charge on any atom is 0.269 e. The van der Waals surface area contributed by atoms with Crippen LogP contribution in [0, 0.1) is 17.0 Å². The third-order valence-electron chi connectivity index (χ3n) is 3.72. The molecule has 0 saturated heterocycles. The van der Waals surface area contributed by atoms with Crippen LogP contribution in [-0.2, 0) is 0 Å². The molecule has 0 aliphatic rings. The number of hydrogen-bond donors (Lipinski definition) is 0. The summed E-state index contributed by atoms with van der Waals surface area (Å²) in [4.78, 5) is 10.4. The first-order valence-corrected chi connectivity index (χ1v) is 7.06. The van der Waals surface area contributed by atoms with Gasteiger partial charge < -0.3 is 0 Å². The quantitative estimate of drug-likeness (QED) is 0.489. The Labute approximate surface area is 129 Å². The summed E-state index contributed by atoms with van der Waals surface area (Å²) >= 11 is 0. The number of aryl methyl sites for hydroxylation is 1. The summed E-state index contributed by atoms with van der Waals surface area (Å²) in [5.74, 6) is 0.